The number of alkyl halides is 1. The van der Waals surface area contributed by atoms with Gasteiger partial charge in [0.1, 0.15) is 12.0 Å². The first-order valence-electron chi connectivity index (χ1n) is 5.34. The molecule has 2 N–H and O–H groups in total. The highest BCUT2D eigenvalue weighted by molar-refractivity contribution is 5.46. The molecule has 0 amide bonds. The second kappa shape index (κ2) is 4.57. The number of rotatable bonds is 2. The molecule has 15 heavy (non-hydrogen) atoms. The molecule has 2 heterocycles. The zero-order valence-electron chi connectivity index (χ0n) is 8.69. The Hall–Kier alpha value is -1.16. The Morgan fingerprint density at radius 1 is 1.47 bits per heavy atom. The third-order valence-corrected chi connectivity index (χ3v) is 2.81. The molecule has 1 aliphatic heterocycles. The van der Waals surface area contributed by atoms with Crippen molar-refractivity contribution in [1.82, 2.24) is 4.98 Å². The van der Waals surface area contributed by atoms with Gasteiger partial charge < -0.3 is 10.6 Å². The number of hydrogen-bond donors (Lipinski definition) is 1. The topological polar surface area (TPSA) is 42.1 Å². The molecule has 0 radical (unpaired) electrons. The molecule has 1 aromatic heterocycles. The van der Waals surface area contributed by atoms with Gasteiger partial charge in [-0.25, -0.2) is 9.37 Å². The number of anilines is 1. The van der Waals surface area contributed by atoms with Crippen molar-refractivity contribution in [3.05, 3.63) is 23.9 Å². The lowest BCUT2D eigenvalue weighted by Gasteiger charge is -2.30. The summed E-state index contributed by atoms with van der Waals surface area (Å²) in [5.41, 5.74) is 6.68. The lowest BCUT2D eigenvalue weighted by Crippen LogP contribution is -2.35. The van der Waals surface area contributed by atoms with Crippen molar-refractivity contribution >= 4 is 5.82 Å². The van der Waals surface area contributed by atoms with Crippen LogP contribution in [-0.2, 0) is 6.54 Å². The van der Waals surface area contributed by atoms with E-state index in [0.717, 1.165) is 24.5 Å². The molecule has 0 aromatic carbocycles. The average molecular weight is 209 g/mol. The first-order valence-corrected chi connectivity index (χ1v) is 5.34. The number of nitrogens with two attached hydrogens (primary N) is 1. The summed E-state index contributed by atoms with van der Waals surface area (Å²) >= 11 is 0. The summed E-state index contributed by atoms with van der Waals surface area (Å²) in [6.07, 6.45) is 2.31. The maximum absolute atomic E-state index is 13.0. The second-order valence-electron chi connectivity index (χ2n) is 3.85. The maximum atomic E-state index is 13.0. The SMILES string of the molecule is NCc1cccnc1N1CCC(F)CC1. The predicted molar refractivity (Wildman–Crippen MR) is 58.5 cm³/mol. The first-order chi connectivity index (χ1) is 7.31. The van der Waals surface area contributed by atoms with E-state index < -0.39 is 6.17 Å². The smallest absolute Gasteiger partial charge is 0.133 e. The molecule has 0 saturated carbocycles. The Balaban J connectivity index is 2.15. The highest BCUT2D eigenvalue weighted by atomic mass is 19.1. The number of piperidine rings is 1. The Kier molecular flexibility index (Phi) is 3.16. The van der Waals surface area contributed by atoms with Crippen LogP contribution in [0.3, 0.4) is 0 Å². The number of halogens is 1. The van der Waals surface area contributed by atoms with Crippen molar-refractivity contribution < 1.29 is 4.39 Å². The van der Waals surface area contributed by atoms with E-state index in [0.29, 0.717) is 19.4 Å². The lowest BCUT2D eigenvalue weighted by atomic mass is 10.1. The van der Waals surface area contributed by atoms with Crippen molar-refractivity contribution in [3.8, 4) is 0 Å². The van der Waals surface area contributed by atoms with Gasteiger partial charge in [0.25, 0.3) is 0 Å². The molecule has 82 valence electrons. The van der Waals surface area contributed by atoms with Gasteiger partial charge in [-0.1, -0.05) is 6.07 Å². The Morgan fingerprint density at radius 3 is 2.87 bits per heavy atom. The fourth-order valence-electron chi connectivity index (χ4n) is 1.93. The van der Waals surface area contributed by atoms with Gasteiger partial charge in [-0.3, -0.25) is 0 Å². The van der Waals surface area contributed by atoms with E-state index in [1.54, 1.807) is 6.20 Å². The van der Waals surface area contributed by atoms with E-state index in [2.05, 4.69) is 9.88 Å². The van der Waals surface area contributed by atoms with E-state index in [1.807, 2.05) is 12.1 Å². The van der Waals surface area contributed by atoms with Crippen LogP contribution in [0.1, 0.15) is 18.4 Å². The standard InChI is InChI=1S/C11H16FN3/c12-10-3-6-15(7-4-10)11-9(8-13)2-1-5-14-11/h1-2,5,10H,3-4,6-8,13H2. The normalized spacial score (nSPS) is 18.1. The fraction of sp³-hybridized carbons (Fsp3) is 0.545. The summed E-state index contributed by atoms with van der Waals surface area (Å²) in [4.78, 5) is 6.44. The maximum Gasteiger partial charge on any atom is 0.133 e. The van der Waals surface area contributed by atoms with Gasteiger partial charge in [-0.15, -0.1) is 0 Å². The molecular formula is C11H16FN3. The molecule has 0 bridgehead atoms. The van der Waals surface area contributed by atoms with Crippen LogP contribution in [0.25, 0.3) is 0 Å². The Bertz CT molecular complexity index is 321. The minimum absolute atomic E-state index is 0.485. The van der Waals surface area contributed by atoms with Crippen molar-refractivity contribution in [1.29, 1.82) is 0 Å². The van der Waals surface area contributed by atoms with Crippen molar-refractivity contribution in [2.24, 2.45) is 5.73 Å². The van der Waals surface area contributed by atoms with Crippen LogP contribution in [0.2, 0.25) is 0 Å². The highest BCUT2D eigenvalue weighted by Gasteiger charge is 2.20. The largest absolute Gasteiger partial charge is 0.356 e. The molecule has 4 heteroatoms. The van der Waals surface area contributed by atoms with Crippen LogP contribution in [0, 0.1) is 0 Å². The number of pyridine rings is 1. The zero-order chi connectivity index (χ0) is 10.7. The summed E-state index contributed by atoms with van der Waals surface area (Å²) < 4.78 is 13.0. The van der Waals surface area contributed by atoms with Gasteiger partial charge in [-0.05, 0) is 18.9 Å². The van der Waals surface area contributed by atoms with Crippen molar-refractivity contribution in [3.63, 3.8) is 0 Å². The van der Waals surface area contributed by atoms with Crippen LogP contribution >= 0.6 is 0 Å². The predicted octanol–water partition coefficient (Wildman–Crippen LogP) is 1.48. The number of aromatic nitrogens is 1. The van der Waals surface area contributed by atoms with Crippen LogP contribution < -0.4 is 10.6 Å². The molecule has 3 nitrogen and oxygen atoms in total. The minimum atomic E-state index is -0.647. The van der Waals surface area contributed by atoms with Crippen LogP contribution in [-0.4, -0.2) is 24.2 Å². The fourth-order valence-corrected chi connectivity index (χ4v) is 1.93. The van der Waals surface area contributed by atoms with Crippen molar-refractivity contribution in [2.45, 2.75) is 25.6 Å². The monoisotopic (exact) mass is 209 g/mol. The Morgan fingerprint density at radius 2 is 2.20 bits per heavy atom. The molecule has 1 aliphatic rings. The van der Waals surface area contributed by atoms with E-state index in [4.69, 9.17) is 5.73 Å². The molecule has 0 unspecified atom stereocenters. The second-order valence-corrected chi connectivity index (χ2v) is 3.85. The van der Waals surface area contributed by atoms with Gasteiger partial charge >= 0.3 is 0 Å². The summed E-state index contributed by atoms with van der Waals surface area (Å²) in [5, 5.41) is 0. The van der Waals surface area contributed by atoms with Crippen LogP contribution in [0.4, 0.5) is 10.2 Å². The molecule has 1 aromatic rings. The molecule has 0 atom stereocenters. The van der Waals surface area contributed by atoms with Gasteiger partial charge in [-0.2, -0.15) is 0 Å². The van der Waals surface area contributed by atoms with E-state index in [-0.39, 0.29) is 0 Å². The number of hydrogen-bond acceptors (Lipinski definition) is 3. The summed E-state index contributed by atoms with van der Waals surface area (Å²) in [5.74, 6) is 0.923. The minimum Gasteiger partial charge on any atom is -0.356 e. The van der Waals surface area contributed by atoms with Crippen LogP contribution in [0.15, 0.2) is 18.3 Å². The number of nitrogens with zero attached hydrogens (tertiary/aromatic N) is 2. The Labute approximate surface area is 89.1 Å². The molecule has 1 saturated heterocycles. The third-order valence-electron chi connectivity index (χ3n) is 2.81. The molecular weight excluding hydrogens is 193 g/mol. The summed E-state index contributed by atoms with van der Waals surface area (Å²) in [6, 6.07) is 3.86. The summed E-state index contributed by atoms with van der Waals surface area (Å²) in [6.45, 7) is 1.97. The highest BCUT2D eigenvalue weighted by Crippen LogP contribution is 2.22. The van der Waals surface area contributed by atoms with E-state index in [9.17, 15) is 4.39 Å². The zero-order valence-corrected chi connectivity index (χ0v) is 8.69. The third kappa shape index (κ3) is 2.26. The average Bonchev–Trinajstić information content (AvgIpc) is 2.30. The molecule has 2 rings (SSSR count). The van der Waals surface area contributed by atoms with Crippen LogP contribution in [0.5, 0.6) is 0 Å². The van der Waals surface area contributed by atoms with Gasteiger partial charge in [0.2, 0.25) is 0 Å². The molecule has 0 spiro atoms. The van der Waals surface area contributed by atoms with E-state index >= 15 is 0 Å². The van der Waals surface area contributed by atoms with Gasteiger partial charge in [0, 0.05) is 31.4 Å². The molecule has 0 aliphatic carbocycles. The van der Waals surface area contributed by atoms with E-state index in [1.165, 1.54) is 0 Å². The first kappa shape index (κ1) is 10.4. The lowest BCUT2D eigenvalue weighted by molar-refractivity contribution is 0.276. The van der Waals surface area contributed by atoms with Crippen molar-refractivity contribution in [2.75, 3.05) is 18.0 Å². The van der Waals surface area contributed by atoms with Gasteiger partial charge in [0.15, 0.2) is 0 Å². The quantitative estimate of drug-likeness (QED) is 0.802. The summed E-state index contributed by atoms with van der Waals surface area (Å²) in [7, 11) is 0. The molecule has 1 fully saturated rings. The van der Waals surface area contributed by atoms with Gasteiger partial charge in [0.05, 0.1) is 0 Å².